The van der Waals surface area contributed by atoms with Crippen LogP contribution in [-0.4, -0.2) is 15.3 Å². The Bertz CT molecular complexity index is 1520. The molecule has 0 heterocycles. The molecule has 3 aromatic carbocycles. The van der Waals surface area contributed by atoms with Crippen LogP contribution in [0.15, 0.2) is 18.2 Å². The molecule has 0 spiro atoms. The third-order valence-corrected chi connectivity index (χ3v) is 10.7. The third-order valence-electron chi connectivity index (χ3n) is 10.7. The molecule has 3 nitrogen and oxygen atoms in total. The molecule has 0 saturated carbocycles. The summed E-state index contributed by atoms with van der Waals surface area (Å²) in [4.78, 5) is 0. The van der Waals surface area contributed by atoms with Gasteiger partial charge in [-0.05, 0) is 136 Å². The molecule has 3 N–H and O–H groups in total. The van der Waals surface area contributed by atoms with Crippen LogP contribution in [0.1, 0.15) is 163 Å². The average molecular weight is 629 g/mol. The monoisotopic (exact) mass is 628 g/mol. The van der Waals surface area contributed by atoms with Crippen LogP contribution in [-0.2, 0) is 47.3 Å². The van der Waals surface area contributed by atoms with Crippen LogP contribution in [0.25, 0.3) is 0 Å². The van der Waals surface area contributed by atoms with E-state index in [0.717, 1.165) is 76.6 Å². The molecule has 0 aliphatic rings. The van der Waals surface area contributed by atoms with Gasteiger partial charge < -0.3 is 15.3 Å². The van der Waals surface area contributed by atoms with Crippen LogP contribution < -0.4 is 0 Å². The summed E-state index contributed by atoms with van der Waals surface area (Å²) in [7, 11) is 0. The Labute approximate surface area is 281 Å². The Morgan fingerprint density at radius 1 is 0.457 bits per heavy atom. The summed E-state index contributed by atoms with van der Waals surface area (Å²) in [5, 5.41) is 34.5. The standard InChI is InChI=1S/C43H64O3/c1-17-29-25(4)28(22-34(37(29)44)40(7,8)9)20-21-43(16,32-23-35(41(10,11)12)38(45)30(18-2)26(32)5)33-24-36(42(13,14)15)39(46)31(19-3)27(33)6/h22-24,44-46H,17-21H2,1-16H3. The van der Waals surface area contributed by atoms with Crippen molar-refractivity contribution in [3.8, 4) is 17.2 Å². The molecule has 3 rings (SSSR count). The van der Waals surface area contributed by atoms with Crippen molar-refractivity contribution in [1.29, 1.82) is 0 Å². The van der Waals surface area contributed by atoms with E-state index in [-0.39, 0.29) is 16.2 Å². The zero-order chi connectivity index (χ0) is 35.3. The van der Waals surface area contributed by atoms with Gasteiger partial charge >= 0.3 is 0 Å². The number of rotatable bonds is 8. The van der Waals surface area contributed by atoms with Crippen LogP contribution >= 0.6 is 0 Å². The molecule has 3 aromatic rings. The number of hydrogen-bond donors (Lipinski definition) is 3. The van der Waals surface area contributed by atoms with Crippen LogP contribution in [0.3, 0.4) is 0 Å². The minimum absolute atomic E-state index is 0.184. The second kappa shape index (κ2) is 12.9. The largest absolute Gasteiger partial charge is 0.507 e. The Kier molecular flexibility index (Phi) is 10.5. The Hall–Kier alpha value is -2.94. The maximum Gasteiger partial charge on any atom is 0.122 e. The number of aryl methyl sites for hydroxylation is 1. The minimum atomic E-state index is -0.429. The normalized spacial score (nSPS) is 13.0. The highest BCUT2D eigenvalue weighted by molar-refractivity contribution is 5.61. The second-order valence-corrected chi connectivity index (χ2v) is 17.0. The van der Waals surface area contributed by atoms with Crippen molar-refractivity contribution in [1.82, 2.24) is 0 Å². The molecule has 254 valence electrons. The highest BCUT2D eigenvalue weighted by Crippen LogP contribution is 2.49. The molecule has 0 aliphatic heterocycles. The zero-order valence-corrected chi connectivity index (χ0v) is 32.1. The molecule has 0 radical (unpaired) electrons. The van der Waals surface area contributed by atoms with Crippen molar-refractivity contribution in [3.05, 3.63) is 85.0 Å². The summed E-state index contributed by atoms with van der Waals surface area (Å²) in [6.07, 6.45) is 3.95. The first-order valence-electron chi connectivity index (χ1n) is 17.5. The Balaban J connectivity index is 2.50. The number of phenolic OH excluding ortho intramolecular Hbond substituents is 3. The molecule has 0 bridgehead atoms. The lowest BCUT2D eigenvalue weighted by atomic mass is 9.65. The van der Waals surface area contributed by atoms with Crippen molar-refractivity contribution in [2.45, 2.75) is 165 Å². The molecule has 0 aromatic heterocycles. The van der Waals surface area contributed by atoms with E-state index in [1.54, 1.807) is 0 Å². The SMILES string of the molecule is CCc1c(C)c(CCC(C)(c2cc(C(C)(C)C)c(O)c(CC)c2C)c2cc(C(C)(C)C)c(O)c(CC)c2C)cc(C(C)(C)C)c1O. The summed E-state index contributed by atoms with van der Waals surface area (Å²) in [5.41, 5.74) is 12.2. The first kappa shape index (κ1) is 37.5. The van der Waals surface area contributed by atoms with Crippen LogP contribution in [0.4, 0.5) is 0 Å². The zero-order valence-electron chi connectivity index (χ0n) is 32.1. The van der Waals surface area contributed by atoms with Crippen molar-refractivity contribution in [2.75, 3.05) is 0 Å². The van der Waals surface area contributed by atoms with E-state index in [4.69, 9.17) is 0 Å². The van der Waals surface area contributed by atoms with Gasteiger partial charge in [-0.25, -0.2) is 0 Å². The van der Waals surface area contributed by atoms with Gasteiger partial charge in [0.05, 0.1) is 0 Å². The van der Waals surface area contributed by atoms with Gasteiger partial charge in [-0.1, -0.05) is 108 Å². The highest BCUT2D eigenvalue weighted by atomic mass is 16.3. The van der Waals surface area contributed by atoms with Gasteiger partial charge in [0.2, 0.25) is 0 Å². The first-order chi connectivity index (χ1) is 21.0. The molecule has 0 atom stereocenters. The second-order valence-electron chi connectivity index (χ2n) is 17.0. The molecule has 46 heavy (non-hydrogen) atoms. The summed E-state index contributed by atoms with van der Waals surface area (Å²) in [6, 6.07) is 6.80. The van der Waals surface area contributed by atoms with E-state index in [1.807, 2.05) is 0 Å². The highest BCUT2D eigenvalue weighted by Gasteiger charge is 2.38. The number of hydrogen-bond acceptors (Lipinski definition) is 3. The Morgan fingerprint density at radius 2 is 0.761 bits per heavy atom. The maximum atomic E-state index is 11.6. The fraction of sp³-hybridized carbons (Fsp3) is 0.581. The lowest BCUT2D eigenvalue weighted by Gasteiger charge is -2.39. The summed E-state index contributed by atoms with van der Waals surface area (Å²) in [6.45, 7) is 34.9. The van der Waals surface area contributed by atoms with E-state index in [1.165, 1.54) is 22.3 Å². The topological polar surface area (TPSA) is 60.7 Å². The van der Waals surface area contributed by atoms with Gasteiger partial charge in [-0.15, -0.1) is 0 Å². The molecule has 0 saturated heterocycles. The number of phenols is 3. The van der Waals surface area contributed by atoms with Crippen molar-refractivity contribution in [3.63, 3.8) is 0 Å². The molecule has 0 fully saturated rings. The average Bonchev–Trinajstić information content (AvgIpc) is 2.91. The lowest BCUT2D eigenvalue weighted by Crippen LogP contribution is -2.30. The van der Waals surface area contributed by atoms with Crippen LogP contribution in [0.5, 0.6) is 17.2 Å². The number of benzene rings is 3. The van der Waals surface area contributed by atoms with Gasteiger partial charge in [-0.3, -0.25) is 0 Å². The van der Waals surface area contributed by atoms with Gasteiger partial charge in [-0.2, -0.15) is 0 Å². The molecule has 0 aliphatic carbocycles. The minimum Gasteiger partial charge on any atom is -0.507 e. The van der Waals surface area contributed by atoms with Gasteiger partial charge in [0, 0.05) is 5.41 Å². The molecular weight excluding hydrogens is 564 g/mol. The van der Waals surface area contributed by atoms with Gasteiger partial charge in [0.1, 0.15) is 17.2 Å². The van der Waals surface area contributed by atoms with Crippen LogP contribution in [0.2, 0.25) is 0 Å². The van der Waals surface area contributed by atoms with Crippen molar-refractivity contribution >= 4 is 0 Å². The van der Waals surface area contributed by atoms with Crippen LogP contribution in [0, 0.1) is 20.8 Å². The summed E-state index contributed by atoms with van der Waals surface area (Å²) in [5.74, 6) is 1.28. The third kappa shape index (κ3) is 6.71. The molecule has 3 heteroatoms. The molecule has 0 unspecified atom stereocenters. The molecular formula is C43H64O3. The fourth-order valence-electron chi connectivity index (χ4n) is 7.75. The van der Waals surface area contributed by atoms with E-state index in [0.29, 0.717) is 17.2 Å². The summed E-state index contributed by atoms with van der Waals surface area (Å²) < 4.78 is 0. The first-order valence-corrected chi connectivity index (χ1v) is 17.5. The van der Waals surface area contributed by atoms with Gasteiger partial charge in [0.25, 0.3) is 0 Å². The maximum absolute atomic E-state index is 11.6. The van der Waals surface area contributed by atoms with E-state index in [2.05, 4.69) is 129 Å². The Morgan fingerprint density at radius 3 is 1.07 bits per heavy atom. The van der Waals surface area contributed by atoms with Gasteiger partial charge in [0.15, 0.2) is 0 Å². The molecule has 0 amide bonds. The van der Waals surface area contributed by atoms with Crippen molar-refractivity contribution in [2.24, 2.45) is 0 Å². The summed E-state index contributed by atoms with van der Waals surface area (Å²) >= 11 is 0. The quantitative estimate of drug-likeness (QED) is 0.233. The fourth-order valence-corrected chi connectivity index (χ4v) is 7.75. The van der Waals surface area contributed by atoms with E-state index in [9.17, 15) is 15.3 Å². The predicted octanol–water partition coefficient (Wildman–Crippen LogP) is 11.2. The van der Waals surface area contributed by atoms with E-state index >= 15 is 0 Å². The van der Waals surface area contributed by atoms with E-state index < -0.39 is 5.41 Å². The number of aromatic hydroxyl groups is 3. The lowest BCUT2D eigenvalue weighted by molar-refractivity contribution is 0.432. The smallest absolute Gasteiger partial charge is 0.122 e. The predicted molar refractivity (Wildman–Crippen MR) is 198 cm³/mol. The van der Waals surface area contributed by atoms with Crippen molar-refractivity contribution < 1.29 is 15.3 Å².